The molecule has 2 atom stereocenters. The van der Waals surface area contributed by atoms with Gasteiger partial charge in [0, 0.05) is 38.5 Å². The van der Waals surface area contributed by atoms with Crippen molar-refractivity contribution in [3.05, 3.63) is 22.4 Å². The maximum atomic E-state index is 12.8. The summed E-state index contributed by atoms with van der Waals surface area (Å²) in [5, 5.41) is 4.15. The van der Waals surface area contributed by atoms with Gasteiger partial charge in [-0.15, -0.1) is 0 Å². The number of amides is 2. The van der Waals surface area contributed by atoms with E-state index in [1.807, 2.05) is 29.0 Å². The van der Waals surface area contributed by atoms with Gasteiger partial charge in [0.2, 0.25) is 11.8 Å². The summed E-state index contributed by atoms with van der Waals surface area (Å²) in [5.74, 6) is 0.511. The predicted molar refractivity (Wildman–Crippen MR) is 98.5 cm³/mol. The van der Waals surface area contributed by atoms with Crippen LogP contribution in [0.3, 0.4) is 0 Å². The van der Waals surface area contributed by atoms with Crippen molar-refractivity contribution in [2.45, 2.75) is 51.7 Å². The Kier molecular flexibility index (Phi) is 6.12. The molecular formula is C19H28N2O3S. The fourth-order valence-corrected chi connectivity index (χ4v) is 4.54. The lowest BCUT2D eigenvalue weighted by molar-refractivity contribution is -0.150. The zero-order chi connectivity index (χ0) is 17.8. The molecule has 3 heterocycles. The molecule has 2 aliphatic heterocycles. The molecule has 2 fully saturated rings. The Balaban J connectivity index is 1.44. The third-order valence-corrected chi connectivity index (χ3v) is 5.87. The van der Waals surface area contributed by atoms with Crippen molar-refractivity contribution in [3.8, 4) is 0 Å². The van der Waals surface area contributed by atoms with Gasteiger partial charge in [0.15, 0.2) is 0 Å². The second-order valence-electron chi connectivity index (χ2n) is 7.29. The number of aryl methyl sites for hydroxylation is 1. The average Bonchev–Trinajstić information content (AvgIpc) is 3.12. The molecule has 6 heteroatoms. The maximum Gasteiger partial charge on any atom is 0.225 e. The molecule has 0 saturated carbocycles. The van der Waals surface area contributed by atoms with Crippen LogP contribution in [0.25, 0.3) is 0 Å². The molecule has 1 aromatic heterocycles. The van der Waals surface area contributed by atoms with E-state index in [1.54, 1.807) is 11.3 Å². The number of piperidine rings is 1. The molecule has 0 aromatic carbocycles. The largest absolute Gasteiger partial charge is 0.372 e. The minimum Gasteiger partial charge on any atom is -0.372 e. The van der Waals surface area contributed by atoms with Crippen molar-refractivity contribution in [1.82, 2.24) is 9.80 Å². The Bertz CT molecular complexity index is 571. The van der Waals surface area contributed by atoms with E-state index >= 15 is 0 Å². The van der Waals surface area contributed by atoms with Gasteiger partial charge in [-0.1, -0.05) is 0 Å². The van der Waals surface area contributed by atoms with Crippen LogP contribution in [-0.4, -0.2) is 60.0 Å². The normalized spacial score (nSPS) is 25.2. The zero-order valence-corrected chi connectivity index (χ0v) is 16.0. The Morgan fingerprint density at radius 1 is 1.16 bits per heavy atom. The summed E-state index contributed by atoms with van der Waals surface area (Å²) < 4.78 is 5.71. The molecule has 0 aliphatic carbocycles. The lowest BCUT2D eigenvalue weighted by Gasteiger charge is -2.39. The van der Waals surface area contributed by atoms with Gasteiger partial charge in [-0.05, 0) is 55.5 Å². The number of morpholine rings is 1. The van der Waals surface area contributed by atoms with Crippen LogP contribution in [0, 0.1) is 5.92 Å². The van der Waals surface area contributed by atoms with E-state index < -0.39 is 0 Å². The van der Waals surface area contributed by atoms with Crippen LogP contribution in [0.15, 0.2) is 16.8 Å². The van der Waals surface area contributed by atoms with E-state index in [9.17, 15) is 9.59 Å². The van der Waals surface area contributed by atoms with Crippen molar-refractivity contribution < 1.29 is 14.3 Å². The molecule has 5 nitrogen and oxygen atoms in total. The van der Waals surface area contributed by atoms with Crippen molar-refractivity contribution in [1.29, 1.82) is 0 Å². The SMILES string of the molecule is CC1CN(C(=O)C2CCN(C(=O)CCc3ccsc3)CC2)CC(C)O1. The Labute approximate surface area is 153 Å². The van der Waals surface area contributed by atoms with Crippen molar-refractivity contribution >= 4 is 23.2 Å². The molecule has 0 spiro atoms. The highest BCUT2D eigenvalue weighted by atomic mass is 32.1. The van der Waals surface area contributed by atoms with E-state index in [-0.39, 0.29) is 29.9 Å². The molecule has 2 unspecified atom stereocenters. The number of hydrogen-bond donors (Lipinski definition) is 0. The van der Waals surface area contributed by atoms with Gasteiger partial charge < -0.3 is 14.5 Å². The van der Waals surface area contributed by atoms with Gasteiger partial charge in [0.1, 0.15) is 0 Å². The summed E-state index contributed by atoms with van der Waals surface area (Å²) in [6.07, 6.45) is 3.14. The molecule has 138 valence electrons. The predicted octanol–water partition coefficient (Wildman–Crippen LogP) is 2.56. The molecular weight excluding hydrogens is 336 g/mol. The smallest absolute Gasteiger partial charge is 0.225 e. The van der Waals surface area contributed by atoms with Crippen LogP contribution in [0.2, 0.25) is 0 Å². The Morgan fingerprint density at radius 3 is 2.44 bits per heavy atom. The topological polar surface area (TPSA) is 49.9 Å². The van der Waals surface area contributed by atoms with E-state index in [4.69, 9.17) is 4.74 Å². The summed E-state index contributed by atoms with van der Waals surface area (Å²) in [6.45, 7) is 6.81. The Morgan fingerprint density at radius 2 is 1.84 bits per heavy atom. The number of nitrogens with zero attached hydrogens (tertiary/aromatic N) is 2. The number of hydrogen-bond acceptors (Lipinski definition) is 4. The van der Waals surface area contributed by atoms with Crippen LogP contribution in [0.4, 0.5) is 0 Å². The van der Waals surface area contributed by atoms with E-state index in [0.29, 0.717) is 32.6 Å². The van der Waals surface area contributed by atoms with Crippen molar-refractivity contribution in [2.75, 3.05) is 26.2 Å². The average molecular weight is 365 g/mol. The highest BCUT2D eigenvalue weighted by Gasteiger charge is 2.33. The van der Waals surface area contributed by atoms with Crippen LogP contribution in [0.5, 0.6) is 0 Å². The summed E-state index contributed by atoms with van der Waals surface area (Å²) in [6, 6.07) is 2.08. The van der Waals surface area contributed by atoms with Crippen LogP contribution < -0.4 is 0 Å². The highest BCUT2D eigenvalue weighted by Crippen LogP contribution is 2.23. The van der Waals surface area contributed by atoms with Crippen molar-refractivity contribution in [2.24, 2.45) is 5.92 Å². The second-order valence-corrected chi connectivity index (χ2v) is 8.07. The molecule has 2 amide bonds. The molecule has 0 bridgehead atoms. The van der Waals surface area contributed by atoms with E-state index in [1.165, 1.54) is 5.56 Å². The molecule has 2 aliphatic rings. The minimum atomic E-state index is 0.0541. The summed E-state index contributed by atoms with van der Waals surface area (Å²) in [5.41, 5.74) is 1.24. The molecule has 0 N–H and O–H groups in total. The summed E-state index contributed by atoms with van der Waals surface area (Å²) >= 11 is 1.67. The summed E-state index contributed by atoms with van der Waals surface area (Å²) in [7, 11) is 0. The zero-order valence-electron chi connectivity index (χ0n) is 15.1. The van der Waals surface area contributed by atoms with Crippen LogP contribution in [-0.2, 0) is 20.7 Å². The minimum absolute atomic E-state index is 0.0541. The molecule has 0 radical (unpaired) electrons. The summed E-state index contributed by atoms with van der Waals surface area (Å²) in [4.78, 5) is 29.0. The fourth-order valence-electron chi connectivity index (χ4n) is 3.84. The highest BCUT2D eigenvalue weighted by molar-refractivity contribution is 7.07. The van der Waals surface area contributed by atoms with E-state index in [0.717, 1.165) is 19.3 Å². The quantitative estimate of drug-likeness (QED) is 0.825. The first-order valence-corrected chi connectivity index (χ1v) is 10.2. The number of rotatable bonds is 4. The van der Waals surface area contributed by atoms with Crippen LogP contribution in [0.1, 0.15) is 38.7 Å². The van der Waals surface area contributed by atoms with Gasteiger partial charge in [0.25, 0.3) is 0 Å². The number of ether oxygens (including phenoxy) is 1. The maximum absolute atomic E-state index is 12.8. The third kappa shape index (κ3) is 4.82. The van der Waals surface area contributed by atoms with Gasteiger partial charge in [-0.2, -0.15) is 11.3 Å². The first kappa shape index (κ1) is 18.4. The van der Waals surface area contributed by atoms with Gasteiger partial charge in [0.05, 0.1) is 12.2 Å². The molecule has 1 aromatic rings. The first-order valence-electron chi connectivity index (χ1n) is 9.26. The van der Waals surface area contributed by atoms with Crippen molar-refractivity contribution in [3.63, 3.8) is 0 Å². The first-order chi connectivity index (χ1) is 12.0. The Hall–Kier alpha value is -1.40. The van der Waals surface area contributed by atoms with E-state index in [2.05, 4.69) is 11.4 Å². The molecule has 25 heavy (non-hydrogen) atoms. The van der Waals surface area contributed by atoms with Gasteiger partial charge in [-0.3, -0.25) is 9.59 Å². The number of carbonyl (C=O) groups is 2. The lowest BCUT2D eigenvalue weighted by atomic mass is 9.94. The lowest BCUT2D eigenvalue weighted by Crippen LogP contribution is -2.51. The number of thiophene rings is 1. The number of carbonyl (C=O) groups excluding carboxylic acids is 2. The van der Waals surface area contributed by atoms with Crippen LogP contribution >= 0.6 is 11.3 Å². The standard InChI is InChI=1S/C19H28N2O3S/c1-14-11-21(12-15(2)24-14)19(23)17-5-8-20(9-6-17)18(22)4-3-16-7-10-25-13-16/h7,10,13-15,17H,3-6,8-9,11-12H2,1-2H3. The number of likely N-dealkylation sites (tertiary alicyclic amines) is 1. The monoisotopic (exact) mass is 364 g/mol. The molecule has 2 saturated heterocycles. The fraction of sp³-hybridized carbons (Fsp3) is 0.684. The van der Waals surface area contributed by atoms with Gasteiger partial charge >= 0.3 is 0 Å². The third-order valence-electron chi connectivity index (χ3n) is 5.14. The second kappa shape index (κ2) is 8.32. The van der Waals surface area contributed by atoms with Gasteiger partial charge in [-0.25, -0.2) is 0 Å². The molecule has 3 rings (SSSR count).